The molecule has 1 heterocycles. The van der Waals surface area contributed by atoms with Crippen LogP contribution in [0.25, 0.3) is 11.4 Å². The van der Waals surface area contributed by atoms with Gasteiger partial charge in [-0.1, -0.05) is 53.7 Å². The van der Waals surface area contributed by atoms with Gasteiger partial charge < -0.3 is 4.57 Å². The average Bonchev–Trinajstić information content (AvgIpc) is 2.90. The second-order valence-electron chi connectivity index (χ2n) is 5.21. The number of hydrogen-bond donors (Lipinski definition) is 0. The van der Waals surface area contributed by atoms with Gasteiger partial charge in [-0.2, -0.15) is 0 Å². The molecule has 0 unspecified atom stereocenters. The normalized spacial score (nSPS) is 11.0. The largest absolute Gasteiger partial charge is 0.305 e. The highest BCUT2D eigenvalue weighted by atomic mass is 35.5. The Bertz CT molecular complexity index is 848. The summed E-state index contributed by atoms with van der Waals surface area (Å²) >= 11 is 7.63. The number of aryl methyl sites for hydroxylation is 1. The summed E-state index contributed by atoms with van der Waals surface area (Å²) in [5.74, 6) is 1.04. The summed E-state index contributed by atoms with van der Waals surface area (Å²) in [6.07, 6.45) is 0. The lowest BCUT2D eigenvalue weighted by molar-refractivity contribution is 0.617. The minimum absolute atomic E-state index is 0.201. The molecule has 3 nitrogen and oxygen atoms in total. The van der Waals surface area contributed by atoms with Crippen LogP contribution in [0.15, 0.2) is 47.6 Å². The van der Waals surface area contributed by atoms with E-state index in [4.69, 9.17) is 11.6 Å². The monoisotopic (exact) mass is 347 g/mol. The third-order valence-electron chi connectivity index (χ3n) is 3.58. The molecule has 118 valence electrons. The Hall–Kier alpha value is -1.85. The molecule has 3 aromatic rings. The van der Waals surface area contributed by atoms with Gasteiger partial charge in [0, 0.05) is 23.4 Å². The van der Waals surface area contributed by atoms with Gasteiger partial charge in [0.2, 0.25) is 0 Å². The number of nitrogens with zero attached hydrogens (tertiary/aromatic N) is 3. The van der Waals surface area contributed by atoms with Gasteiger partial charge in [-0.15, -0.1) is 10.2 Å². The number of halogens is 2. The SMILES string of the molecule is Cc1ccc(-c2nnc(SCc3ccccc3F)n2C)cc1Cl. The van der Waals surface area contributed by atoms with Crippen LogP contribution in [0.4, 0.5) is 4.39 Å². The van der Waals surface area contributed by atoms with Gasteiger partial charge in [-0.25, -0.2) is 4.39 Å². The van der Waals surface area contributed by atoms with Gasteiger partial charge in [-0.05, 0) is 30.2 Å². The van der Waals surface area contributed by atoms with E-state index in [1.807, 2.05) is 42.8 Å². The summed E-state index contributed by atoms with van der Waals surface area (Å²) in [6, 6.07) is 12.6. The summed E-state index contributed by atoms with van der Waals surface area (Å²) in [4.78, 5) is 0. The molecule has 0 spiro atoms. The first-order chi connectivity index (χ1) is 11.1. The Labute approximate surface area is 143 Å². The van der Waals surface area contributed by atoms with Crippen LogP contribution in [0, 0.1) is 12.7 Å². The first-order valence-electron chi connectivity index (χ1n) is 7.08. The van der Waals surface area contributed by atoms with Gasteiger partial charge in [0.05, 0.1) is 0 Å². The molecule has 0 aliphatic carbocycles. The van der Waals surface area contributed by atoms with Crippen LogP contribution in [0.3, 0.4) is 0 Å². The van der Waals surface area contributed by atoms with E-state index < -0.39 is 0 Å². The molecule has 1 aromatic heterocycles. The molecule has 0 amide bonds. The van der Waals surface area contributed by atoms with Crippen LogP contribution in [-0.2, 0) is 12.8 Å². The predicted octanol–water partition coefficient (Wildman–Crippen LogP) is 4.88. The fourth-order valence-corrected chi connectivity index (χ4v) is 3.26. The quantitative estimate of drug-likeness (QED) is 0.630. The Morgan fingerprint density at radius 2 is 1.96 bits per heavy atom. The zero-order valence-electron chi connectivity index (χ0n) is 12.8. The van der Waals surface area contributed by atoms with Crippen LogP contribution in [0.5, 0.6) is 0 Å². The lowest BCUT2D eigenvalue weighted by atomic mass is 10.1. The first-order valence-corrected chi connectivity index (χ1v) is 8.44. The van der Waals surface area contributed by atoms with E-state index >= 15 is 0 Å². The van der Waals surface area contributed by atoms with Crippen LogP contribution in [-0.4, -0.2) is 14.8 Å². The molecule has 0 saturated carbocycles. The molecule has 23 heavy (non-hydrogen) atoms. The lowest BCUT2D eigenvalue weighted by Crippen LogP contribution is -1.96. The maximum atomic E-state index is 13.7. The summed E-state index contributed by atoms with van der Waals surface area (Å²) < 4.78 is 15.6. The maximum Gasteiger partial charge on any atom is 0.191 e. The minimum Gasteiger partial charge on any atom is -0.305 e. The van der Waals surface area contributed by atoms with Gasteiger partial charge in [0.15, 0.2) is 11.0 Å². The van der Waals surface area contributed by atoms with E-state index in [-0.39, 0.29) is 5.82 Å². The molecule has 3 rings (SSSR count). The molecular weight excluding hydrogens is 333 g/mol. The van der Waals surface area contributed by atoms with E-state index in [1.165, 1.54) is 17.8 Å². The maximum absolute atomic E-state index is 13.7. The van der Waals surface area contributed by atoms with E-state index in [0.29, 0.717) is 16.3 Å². The van der Waals surface area contributed by atoms with Gasteiger partial charge in [0.25, 0.3) is 0 Å². The summed E-state index contributed by atoms with van der Waals surface area (Å²) in [7, 11) is 1.90. The van der Waals surface area contributed by atoms with Crippen molar-refractivity contribution in [3.63, 3.8) is 0 Å². The Kier molecular flexibility index (Phi) is 4.68. The number of aromatic nitrogens is 3. The van der Waals surface area contributed by atoms with Crippen molar-refractivity contribution in [1.29, 1.82) is 0 Å². The smallest absolute Gasteiger partial charge is 0.191 e. The number of thioether (sulfide) groups is 1. The van der Waals surface area contributed by atoms with Crippen molar-refractivity contribution in [1.82, 2.24) is 14.8 Å². The third-order valence-corrected chi connectivity index (χ3v) is 5.06. The molecule has 0 bridgehead atoms. The zero-order valence-corrected chi connectivity index (χ0v) is 14.3. The number of benzene rings is 2. The molecule has 0 aliphatic heterocycles. The highest BCUT2D eigenvalue weighted by Gasteiger charge is 2.13. The van der Waals surface area contributed by atoms with Crippen LogP contribution < -0.4 is 0 Å². The minimum atomic E-state index is -0.201. The summed E-state index contributed by atoms with van der Waals surface area (Å²) in [5.41, 5.74) is 2.58. The van der Waals surface area contributed by atoms with Gasteiger partial charge in [-0.3, -0.25) is 0 Å². The van der Waals surface area contributed by atoms with Gasteiger partial charge >= 0.3 is 0 Å². The fraction of sp³-hybridized carbons (Fsp3) is 0.176. The highest BCUT2D eigenvalue weighted by Crippen LogP contribution is 2.28. The Balaban J connectivity index is 1.82. The number of rotatable bonds is 4. The lowest BCUT2D eigenvalue weighted by Gasteiger charge is -2.06. The van der Waals surface area contributed by atoms with Crippen molar-refractivity contribution >= 4 is 23.4 Å². The standard InChI is InChI=1S/C17H15ClFN3S/c1-11-7-8-12(9-14(11)18)16-20-21-17(22(16)2)23-10-13-5-3-4-6-15(13)19/h3-9H,10H2,1-2H3. The van der Waals surface area contributed by atoms with E-state index in [2.05, 4.69) is 10.2 Å². The van der Waals surface area contributed by atoms with Crippen LogP contribution >= 0.6 is 23.4 Å². The molecule has 0 fully saturated rings. The predicted molar refractivity (Wildman–Crippen MR) is 92.1 cm³/mol. The average molecular weight is 348 g/mol. The van der Waals surface area contributed by atoms with Gasteiger partial charge in [0.1, 0.15) is 5.82 Å². The van der Waals surface area contributed by atoms with Crippen LogP contribution in [0.1, 0.15) is 11.1 Å². The van der Waals surface area contributed by atoms with E-state index in [9.17, 15) is 4.39 Å². The fourth-order valence-electron chi connectivity index (χ4n) is 2.18. The highest BCUT2D eigenvalue weighted by molar-refractivity contribution is 7.98. The molecule has 0 N–H and O–H groups in total. The second-order valence-corrected chi connectivity index (χ2v) is 6.56. The Morgan fingerprint density at radius 3 is 2.70 bits per heavy atom. The molecule has 0 aliphatic rings. The zero-order chi connectivity index (χ0) is 16.4. The first kappa shape index (κ1) is 16.0. The van der Waals surface area contributed by atoms with Crippen molar-refractivity contribution in [3.8, 4) is 11.4 Å². The third kappa shape index (κ3) is 3.41. The molecule has 0 saturated heterocycles. The molecule has 0 atom stereocenters. The van der Waals surface area contributed by atoms with Crippen molar-refractivity contribution in [2.75, 3.05) is 0 Å². The van der Waals surface area contributed by atoms with Crippen LogP contribution in [0.2, 0.25) is 5.02 Å². The summed E-state index contributed by atoms with van der Waals surface area (Å²) in [5, 5.41) is 9.87. The van der Waals surface area contributed by atoms with Crippen molar-refractivity contribution in [2.24, 2.45) is 7.05 Å². The molecule has 2 aromatic carbocycles. The van der Waals surface area contributed by atoms with Crippen molar-refractivity contribution < 1.29 is 4.39 Å². The number of hydrogen-bond acceptors (Lipinski definition) is 3. The topological polar surface area (TPSA) is 30.7 Å². The molecular formula is C17H15ClFN3S. The van der Waals surface area contributed by atoms with Crippen molar-refractivity contribution in [3.05, 3.63) is 64.4 Å². The molecule has 0 radical (unpaired) electrons. The Morgan fingerprint density at radius 1 is 1.17 bits per heavy atom. The molecule has 6 heteroatoms. The van der Waals surface area contributed by atoms with E-state index in [1.54, 1.807) is 12.1 Å². The van der Waals surface area contributed by atoms with E-state index in [0.717, 1.165) is 22.1 Å². The van der Waals surface area contributed by atoms with Crippen molar-refractivity contribution in [2.45, 2.75) is 17.8 Å². The summed E-state index contributed by atoms with van der Waals surface area (Å²) in [6.45, 7) is 1.96. The second kappa shape index (κ2) is 6.72.